The predicted molar refractivity (Wildman–Crippen MR) is 109 cm³/mol. The number of hydrogen-bond donors (Lipinski definition) is 2. The normalized spacial score (nSPS) is 11.6. The maximum atomic E-state index is 13.7. The van der Waals surface area contributed by atoms with Crippen molar-refractivity contribution >= 4 is 23.5 Å². The van der Waals surface area contributed by atoms with Gasteiger partial charge in [0.15, 0.2) is 0 Å². The van der Waals surface area contributed by atoms with Crippen LogP contribution < -0.4 is 10.1 Å². The summed E-state index contributed by atoms with van der Waals surface area (Å²) < 4.78 is 19.4. The molecule has 0 bridgehead atoms. The maximum Gasteiger partial charge on any atom is 0.335 e. The molecule has 0 radical (unpaired) electrons. The van der Waals surface area contributed by atoms with Crippen molar-refractivity contribution in [2.75, 3.05) is 0 Å². The standard InChI is InChI=1S/C22H18ClFN2O4/c1-13(14-2-4-15(5-3-14)22(28)29)26-21(27)19-10-17(24)11-25-20(19)12-30-18-8-6-16(23)7-9-18/h2-11,13H,12H2,1H3,(H,26,27)(H,28,29). The third-order valence-electron chi connectivity index (χ3n) is 4.38. The number of nitrogens with zero attached hydrogens (tertiary/aromatic N) is 1. The Morgan fingerprint density at radius 1 is 1.17 bits per heavy atom. The summed E-state index contributed by atoms with van der Waals surface area (Å²) in [5.41, 5.74) is 1.18. The molecule has 1 unspecified atom stereocenters. The molecule has 1 aromatic heterocycles. The molecule has 3 aromatic rings. The fraction of sp³-hybridized carbons (Fsp3) is 0.136. The van der Waals surface area contributed by atoms with E-state index in [1.54, 1.807) is 43.3 Å². The Morgan fingerprint density at radius 3 is 2.47 bits per heavy atom. The van der Waals surface area contributed by atoms with E-state index in [4.69, 9.17) is 21.4 Å². The number of pyridine rings is 1. The van der Waals surface area contributed by atoms with E-state index < -0.39 is 23.7 Å². The van der Waals surface area contributed by atoms with Gasteiger partial charge in [0.25, 0.3) is 5.91 Å². The smallest absolute Gasteiger partial charge is 0.335 e. The Labute approximate surface area is 177 Å². The number of ether oxygens (including phenoxy) is 1. The zero-order chi connectivity index (χ0) is 21.7. The molecule has 30 heavy (non-hydrogen) atoms. The molecule has 6 nitrogen and oxygen atoms in total. The first-order valence-corrected chi connectivity index (χ1v) is 9.38. The average molecular weight is 429 g/mol. The van der Waals surface area contributed by atoms with Crippen LogP contribution in [0.1, 0.15) is 44.9 Å². The Hall–Kier alpha value is -3.45. The number of halogens is 2. The lowest BCUT2D eigenvalue weighted by Gasteiger charge is -2.16. The summed E-state index contributed by atoms with van der Waals surface area (Å²) >= 11 is 5.84. The lowest BCUT2D eigenvalue weighted by molar-refractivity contribution is 0.0696. The maximum absolute atomic E-state index is 13.7. The van der Waals surface area contributed by atoms with Gasteiger partial charge in [-0.1, -0.05) is 23.7 Å². The molecular formula is C22H18ClFN2O4. The van der Waals surface area contributed by atoms with E-state index >= 15 is 0 Å². The number of aromatic carboxylic acids is 1. The lowest BCUT2D eigenvalue weighted by Crippen LogP contribution is -2.28. The van der Waals surface area contributed by atoms with Crippen LogP contribution in [-0.2, 0) is 6.61 Å². The van der Waals surface area contributed by atoms with Gasteiger partial charge in [-0.2, -0.15) is 0 Å². The van der Waals surface area contributed by atoms with E-state index in [0.29, 0.717) is 16.3 Å². The quantitative estimate of drug-likeness (QED) is 0.572. The first-order chi connectivity index (χ1) is 14.3. The van der Waals surface area contributed by atoms with Gasteiger partial charge in [-0.05, 0) is 55.0 Å². The van der Waals surface area contributed by atoms with E-state index in [1.165, 1.54) is 12.1 Å². The van der Waals surface area contributed by atoms with Gasteiger partial charge in [0.2, 0.25) is 0 Å². The number of carbonyl (C=O) groups is 2. The molecule has 1 atom stereocenters. The molecule has 0 aliphatic heterocycles. The Balaban J connectivity index is 1.73. The van der Waals surface area contributed by atoms with Crippen LogP contribution >= 0.6 is 11.6 Å². The van der Waals surface area contributed by atoms with Crippen molar-refractivity contribution < 1.29 is 23.8 Å². The van der Waals surface area contributed by atoms with Gasteiger partial charge in [-0.3, -0.25) is 9.78 Å². The van der Waals surface area contributed by atoms with Gasteiger partial charge in [0.05, 0.1) is 29.1 Å². The highest BCUT2D eigenvalue weighted by atomic mass is 35.5. The first kappa shape index (κ1) is 21.3. The van der Waals surface area contributed by atoms with Crippen LogP contribution in [0.15, 0.2) is 60.8 Å². The van der Waals surface area contributed by atoms with Crippen LogP contribution in [0.25, 0.3) is 0 Å². The zero-order valence-corrected chi connectivity index (χ0v) is 16.7. The van der Waals surface area contributed by atoms with Crippen molar-refractivity contribution in [3.63, 3.8) is 0 Å². The minimum Gasteiger partial charge on any atom is -0.487 e. The number of aromatic nitrogens is 1. The Morgan fingerprint density at radius 2 is 1.83 bits per heavy atom. The number of carbonyl (C=O) groups excluding carboxylic acids is 1. The Kier molecular flexibility index (Phi) is 6.64. The average Bonchev–Trinajstić information content (AvgIpc) is 2.74. The van der Waals surface area contributed by atoms with E-state index in [-0.39, 0.29) is 23.4 Å². The lowest BCUT2D eigenvalue weighted by atomic mass is 10.1. The summed E-state index contributed by atoms with van der Waals surface area (Å²) in [7, 11) is 0. The summed E-state index contributed by atoms with van der Waals surface area (Å²) in [6, 6.07) is 13.5. The van der Waals surface area contributed by atoms with Gasteiger partial charge >= 0.3 is 5.97 Å². The molecule has 3 rings (SSSR count). The highest BCUT2D eigenvalue weighted by Gasteiger charge is 2.18. The van der Waals surface area contributed by atoms with E-state index in [1.807, 2.05) is 0 Å². The summed E-state index contributed by atoms with van der Waals surface area (Å²) in [5.74, 6) is -1.67. The number of amides is 1. The van der Waals surface area contributed by atoms with Crippen LogP contribution in [0.2, 0.25) is 5.02 Å². The molecule has 0 aliphatic carbocycles. The third-order valence-corrected chi connectivity index (χ3v) is 4.63. The second-order valence-corrected chi connectivity index (χ2v) is 6.95. The molecule has 0 fully saturated rings. The van der Waals surface area contributed by atoms with Crippen LogP contribution in [0.3, 0.4) is 0 Å². The number of rotatable bonds is 7. The van der Waals surface area contributed by atoms with Crippen molar-refractivity contribution in [3.8, 4) is 5.75 Å². The van der Waals surface area contributed by atoms with Crippen molar-refractivity contribution in [2.45, 2.75) is 19.6 Å². The highest BCUT2D eigenvalue weighted by Crippen LogP contribution is 2.19. The molecule has 154 valence electrons. The first-order valence-electron chi connectivity index (χ1n) is 9.00. The van der Waals surface area contributed by atoms with E-state index in [9.17, 15) is 14.0 Å². The highest BCUT2D eigenvalue weighted by molar-refractivity contribution is 6.30. The van der Waals surface area contributed by atoms with Crippen LogP contribution in [0.4, 0.5) is 4.39 Å². The number of benzene rings is 2. The number of nitrogens with one attached hydrogen (secondary N) is 1. The molecular weight excluding hydrogens is 411 g/mol. The minimum absolute atomic E-state index is 0.0354. The van der Waals surface area contributed by atoms with Crippen LogP contribution in [0.5, 0.6) is 5.75 Å². The van der Waals surface area contributed by atoms with Crippen molar-refractivity contribution in [1.82, 2.24) is 10.3 Å². The van der Waals surface area contributed by atoms with Gasteiger partial charge in [0.1, 0.15) is 18.2 Å². The molecule has 8 heteroatoms. The number of carboxylic acids is 1. The topological polar surface area (TPSA) is 88.5 Å². The molecule has 1 heterocycles. The molecule has 2 aromatic carbocycles. The van der Waals surface area contributed by atoms with Crippen molar-refractivity contribution in [2.24, 2.45) is 0 Å². The second kappa shape index (κ2) is 9.37. The monoisotopic (exact) mass is 428 g/mol. The van der Waals surface area contributed by atoms with Crippen molar-refractivity contribution in [3.05, 3.63) is 94.0 Å². The van der Waals surface area contributed by atoms with Crippen molar-refractivity contribution in [1.29, 1.82) is 0 Å². The second-order valence-electron chi connectivity index (χ2n) is 6.51. The third kappa shape index (κ3) is 5.33. The predicted octanol–water partition coefficient (Wildman–Crippen LogP) is 4.64. The number of hydrogen-bond acceptors (Lipinski definition) is 4. The molecule has 0 spiro atoms. The summed E-state index contributed by atoms with van der Waals surface area (Å²) in [4.78, 5) is 27.7. The minimum atomic E-state index is -1.03. The SMILES string of the molecule is CC(NC(=O)c1cc(F)cnc1COc1ccc(Cl)cc1)c1ccc(C(=O)O)cc1. The van der Waals surface area contributed by atoms with E-state index in [0.717, 1.165) is 12.3 Å². The number of carboxylic acid groups (broad SMARTS) is 1. The summed E-state index contributed by atoms with van der Waals surface area (Å²) in [5, 5.41) is 12.3. The van der Waals surface area contributed by atoms with E-state index in [2.05, 4.69) is 10.3 Å². The summed E-state index contributed by atoms with van der Waals surface area (Å²) in [6.07, 6.45) is 1.02. The largest absolute Gasteiger partial charge is 0.487 e. The summed E-state index contributed by atoms with van der Waals surface area (Å²) in [6.45, 7) is 1.70. The fourth-order valence-corrected chi connectivity index (χ4v) is 2.86. The molecule has 2 N–H and O–H groups in total. The molecule has 0 saturated heterocycles. The fourth-order valence-electron chi connectivity index (χ4n) is 2.73. The Bertz CT molecular complexity index is 1060. The zero-order valence-electron chi connectivity index (χ0n) is 15.9. The van der Waals surface area contributed by atoms with Gasteiger partial charge in [-0.15, -0.1) is 0 Å². The van der Waals surface area contributed by atoms with Crippen LogP contribution in [0, 0.1) is 5.82 Å². The molecule has 1 amide bonds. The molecule has 0 aliphatic rings. The van der Waals surface area contributed by atoms with Gasteiger partial charge in [-0.25, -0.2) is 9.18 Å². The molecule has 0 saturated carbocycles. The van der Waals surface area contributed by atoms with Gasteiger partial charge < -0.3 is 15.2 Å². The van der Waals surface area contributed by atoms with Gasteiger partial charge in [0, 0.05) is 5.02 Å². The van der Waals surface area contributed by atoms with Crippen LogP contribution in [-0.4, -0.2) is 22.0 Å².